The number of H-pyrrole nitrogens is 1. The van der Waals surface area contributed by atoms with Crippen LogP contribution in [-0.2, 0) is 6.54 Å². The van der Waals surface area contributed by atoms with Gasteiger partial charge < -0.3 is 9.88 Å². The fraction of sp³-hybridized carbons (Fsp3) is 0.429. The molecule has 0 bridgehead atoms. The highest BCUT2D eigenvalue weighted by Crippen LogP contribution is 2.26. The number of hydrogen-bond acceptors (Lipinski definition) is 4. The van der Waals surface area contributed by atoms with E-state index in [-0.39, 0.29) is 5.56 Å². The molecule has 0 saturated carbocycles. The van der Waals surface area contributed by atoms with Gasteiger partial charge in [0.05, 0.1) is 11.6 Å². The van der Waals surface area contributed by atoms with Crippen molar-refractivity contribution < 1.29 is 0 Å². The number of pyridine rings is 1. The van der Waals surface area contributed by atoms with E-state index in [4.69, 9.17) is 0 Å². The van der Waals surface area contributed by atoms with Crippen molar-refractivity contribution in [3.8, 4) is 6.07 Å². The molecule has 33 heavy (non-hydrogen) atoms. The van der Waals surface area contributed by atoms with Crippen LogP contribution in [0.25, 0.3) is 10.9 Å². The molecule has 0 aliphatic carbocycles. The third-order valence-electron chi connectivity index (χ3n) is 7.05. The van der Waals surface area contributed by atoms with Crippen LogP contribution in [0.15, 0.2) is 53.3 Å². The zero-order valence-corrected chi connectivity index (χ0v) is 19.8. The molecule has 1 atom stereocenters. The van der Waals surface area contributed by atoms with Gasteiger partial charge in [-0.15, -0.1) is 0 Å². The lowest BCUT2D eigenvalue weighted by Gasteiger charge is -2.34. The maximum atomic E-state index is 12.5. The minimum Gasteiger partial charge on any atom is -0.322 e. The van der Waals surface area contributed by atoms with E-state index in [9.17, 15) is 10.1 Å². The molecule has 1 aliphatic rings. The van der Waals surface area contributed by atoms with Gasteiger partial charge in [0.1, 0.15) is 0 Å². The standard InChI is InChI=1S/C28H34N4O/c1-3-22(23-10-11-25(19-29)21(2)17-23)8-6-12-31-13-15-32(16-14-31)20-26-18-24-7-4-5-9-27(24)30-28(26)33/h4-5,7,9-11,17-18,22H,3,6,8,12-16,20H2,1-2H3,(H,30,33). The molecule has 1 saturated heterocycles. The molecule has 2 aromatic carbocycles. The van der Waals surface area contributed by atoms with Crippen LogP contribution < -0.4 is 5.56 Å². The summed E-state index contributed by atoms with van der Waals surface area (Å²) in [6, 6.07) is 18.6. The Bertz CT molecular complexity index is 1180. The Morgan fingerprint density at radius 3 is 2.55 bits per heavy atom. The Morgan fingerprint density at radius 2 is 1.82 bits per heavy atom. The van der Waals surface area contributed by atoms with E-state index in [1.54, 1.807) is 0 Å². The molecule has 0 amide bonds. The van der Waals surface area contributed by atoms with Crippen LogP contribution >= 0.6 is 0 Å². The minimum absolute atomic E-state index is 0.0276. The van der Waals surface area contributed by atoms with E-state index in [1.165, 1.54) is 18.4 Å². The van der Waals surface area contributed by atoms with E-state index in [0.29, 0.717) is 12.5 Å². The largest absolute Gasteiger partial charge is 0.322 e. The highest BCUT2D eigenvalue weighted by molar-refractivity contribution is 5.78. The molecule has 4 rings (SSSR count). The quantitative estimate of drug-likeness (QED) is 0.544. The Kier molecular flexibility index (Phi) is 7.59. The number of aryl methyl sites for hydroxylation is 1. The summed E-state index contributed by atoms with van der Waals surface area (Å²) in [5.74, 6) is 0.553. The van der Waals surface area contributed by atoms with Crippen molar-refractivity contribution in [3.05, 3.63) is 81.1 Å². The van der Waals surface area contributed by atoms with Crippen molar-refractivity contribution in [2.24, 2.45) is 0 Å². The van der Waals surface area contributed by atoms with Crippen LogP contribution in [0, 0.1) is 18.3 Å². The molecule has 0 radical (unpaired) electrons. The van der Waals surface area contributed by atoms with E-state index in [0.717, 1.165) is 66.7 Å². The smallest absolute Gasteiger partial charge is 0.252 e. The molecular weight excluding hydrogens is 408 g/mol. The minimum atomic E-state index is 0.0276. The lowest BCUT2D eigenvalue weighted by Crippen LogP contribution is -2.46. The van der Waals surface area contributed by atoms with E-state index in [2.05, 4.69) is 46.0 Å². The Morgan fingerprint density at radius 1 is 1.06 bits per heavy atom. The van der Waals surface area contributed by atoms with Crippen molar-refractivity contribution in [3.63, 3.8) is 0 Å². The average molecular weight is 443 g/mol. The van der Waals surface area contributed by atoms with Crippen molar-refractivity contribution in [2.45, 2.75) is 45.6 Å². The number of fused-ring (bicyclic) bond motifs is 1. The number of nitrogens with zero attached hydrogens (tertiary/aromatic N) is 3. The third kappa shape index (κ3) is 5.71. The molecule has 5 nitrogen and oxygen atoms in total. The van der Waals surface area contributed by atoms with Crippen LogP contribution in [0.3, 0.4) is 0 Å². The number of para-hydroxylation sites is 1. The first kappa shape index (κ1) is 23.2. The van der Waals surface area contributed by atoms with E-state index in [1.807, 2.05) is 37.3 Å². The molecule has 2 heterocycles. The maximum absolute atomic E-state index is 12.5. The molecule has 1 N–H and O–H groups in total. The predicted molar refractivity (Wildman–Crippen MR) is 134 cm³/mol. The van der Waals surface area contributed by atoms with Crippen molar-refractivity contribution >= 4 is 10.9 Å². The van der Waals surface area contributed by atoms with Crippen LogP contribution in [0.5, 0.6) is 0 Å². The first-order valence-corrected chi connectivity index (χ1v) is 12.1. The number of piperazine rings is 1. The van der Waals surface area contributed by atoms with E-state index >= 15 is 0 Å². The zero-order chi connectivity index (χ0) is 23.2. The number of aromatic nitrogens is 1. The Balaban J connectivity index is 1.25. The molecule has 172 valence electrons. The highest BCUT2D eigenvalue weighted by atomic mass is 16.1. The molecule has 0 spiro atoms. The van der Waals surface area contributed by atoms with Crippen LogP contribution in [0.4, 0.5) is 0 Å². The van der Waals surface area contributed by atoms with E-state index < -0.39 is 0 Å². The van der Waals surface area contributed by atoms with Gasteiger partial charge in [-0.05, 0) is 73.4 Å². The highest BCUT2D eigenvalue weighted by Gasteiger charge is 2.19. The number of rotatable bonds is 8. The van der Waals surface area contributed by atoms with Crippen LogP contribution in [0.2, 0.25) is 0 Å². The van der Waals surface area contributed by atoms with Gasteiger partial charge in [0.15, 0.2) is 0 Å². The van der Waals surface area contributed by atoms with Gasteiger partial charge in [0, 0.05) is 43.8 Å². The molecule has 5 heteroatoms. The SMILES string of the molecule is CCC(CCCN1CCN(Cc2cc3ccccc3[nH]c2=O)CC1)c1ccc(C#N)c(C)c1. The van der Waals surface area contributed by atoms with Gasteiger partial charge in [0.25, 0.3) is 5.56 Å². The Hall–Kier alpha value is -2.94. The predicted octanol–water partition coefficient (Wildman–Crippen LogP) is 4.80. The summed E-state index contributed by atoms with van der Waals surface area (Å²) in [6.07, 6.45) is 3.48. The number of nitrogens with one attached hydrogen (secondary N) is 1. The fourth-order valence-electron chi connectivity index (χ4n) is 4.96. The van der Waals surface area contributed by atoms with Gasteiger partial charge in [-0.1, -0.05) is 37.3 Å². The summed E-state index contributed by atoms with van der Waals surface area (Å²) >= 11 is 0. The van der Waals surface area contributed by atoms with Gasteiger partial charge >= 0.3 is 0 Å². The normalized spacial score (nSPS) is 16.0. The summed E-state index contributed by atoms with van der Waals surface area (Å²) in [7, 11) is 0. The number of benzene rings is 2. The summed E-state index contributed by atoms with van der Waals surface area (Å²) in [5, 5.41) is 10.3. The van der Waals surface area contributed by atoms with Crippen LogP contribution in [0.1, 0.15) is 54.4 Å². The molecule has 1 unspecified atom stereocenters. The summed E-state index contributed by atoms with van der Waals surface area (Å²) in [6.45, 7) is 10.2. The number of hydrogen-bond donors (Lipinski definition) is 1. The molecule has 3 aromatic rings. The van der Waals surface area contributed by atoms with Crippen LogP contribution in [-0.4, -0.2) is 47.5 Å². The molecular formula is C28H34N4O. The second-order valence-corrected chi connectivity index (χ2v) is 9.26. The van der Waals surface area contributed by atoms with Crippen molar-refractivity contribution in [2.75, 3.05) is 32.7 Å². The van der Waals surface area contributed by atoms with Crippen molar-refractivity contribution in [1.82, 2.24) is 14.8 Å². The fourth-order valence-corrected chi connectivity index (χ4v) is 4.96. The number of aromatic amines is 1. The van der Waals surface area contributed by atoms with Gasteiger partial charge in [-0.2, -0.15) is 5.26 Å². The summed E-state index contributed by atoms with van der Waals surface area (Å²) < 4.78 is 0. The second-order valence-electron chi connectivity index (χ2n) is 9.26. The number of nitriles is 1. The first-order chi connectivity index (χ1) is 16.1. The first-order valence-electron chi connectivity index (χ1n) is 12.1. The molecule has 1 fully saturated rings. The molecule has 1 aliphatic heterocycles. The van der Waals surface area contributed by atoms with Gasteiger partial charge in [0.2, 0.25) is 0 Å². The monoisotopic (exact) mass is 442 g/mol. The second kappa shape index (κ2) is 10.8. The Labute approximate surface area is 196 Å². The summed E-state index contributed by atoms with van der Waals surface area (Å²) in [5.41, 5.74) is 4.99. The lowest BCUT2D eigenvalue weighted by atomic mass is 9.90. The maximum Gasteiger partial charge on any atom is 0.252 e. The third-order valence-corrected chi connectivity index (χ3v) is 7.05. The van der Waals surface area contributed by atoms with Gasteiger partial charge in [-0.25, -0.2) is 0 Å². The zero-order valence-electron chi connectivity index (χ0n) is 19.8. The van der Waals surface area contributed by atoms with Crippen molar-refractivity contribution in [1.29, 1.82) is 5.26 Å². The summed E-state index contributed by atoms with van der Waals surface area (Å²) in [4.78, 5) is 20.4. The lowest BCUT2D eigenvalue weighted by molar-refractivity contribution is 0.125. The van der Waals surface area contributed by atoms with Gasteiger partial charge in [-0.3, -0.25) is 9.69 Å². The topological polar surface area (TPSA) is 63.1 Å². The molecule has 1 aromatic heterocycles. The average Bonchev–Trinajstić information content (AvgIpc) is 2.83.